The quantitative estimate of drug-likeness (QED) is 0.915. The van der Waals surface area contributed by atoms with Crippen LogP contribution in [0.15, 0.2) is 24.3 Å². The molecule has 1 aliphatic heterocycles. The summed E-state index contributed by atoms with van der Waals surface area (Å²) in [5, 5.41) is 3.32. The fraction of sp³-hybridized carbons (Fsp3) is 0.625. The van der Waals surface area contributed by atoms with Gasteiger partial charge in [0.15, 0.2) is 0 Å². The average Bonchev–Trinajstić information content (AvgIpc) is 2.42. The summed E-state index contributed by atoms with van der Waals surface area (Å²) >= 11 is 0. The minimum atomic E-state index is -4.27. The molecular weight excluding hydrogens is 277 g/mol. The molecule has 0 atom stereocenters. The van der Waals surface area contributed by atoms with Crippen molar-refractivity contribution < 1.29 is 13.2 Å². The predicted octanol–water partition coefficient (Wildman–Crippen LogP) is 3.53. The van der Waals surface area contributed by atoms with Crippen molar-refractivity contribution in [2.24, 2.45) is 5.41 Å². The van der Waals surface area contributed by atoms with Gasteiger partial charge in [-0.05, 0) is 50.0 Å². The predicted molar refractivity (Wildman–Crippen MR) is 78.0 cm³/mol. The first-order valence-corrected chi connectivity index (χ1v) is 7.34. The molecule has 1 aliphatic rings. The Morgan fingerprint density at radius 3 is 2.52 bits per heavy atom. The normalized spacial score (nSPS) is 19.7. The molecule has 1 N–H and O–H groups in total. The van der Waals surface area contributed by atoms with E-state index in [0.29, 0.717) is 12.1 Å². The van der Waals surface area contributed by atoms with Crippen molar-refractivity contribution in [3.05, 3.63) is 35.4 Å². The Morgan fingerprint density at radius 1 is 1.24 bits per heavy atom. The van der Waals surface area contributed by atoms with Crippen LogP contribution in [-0.2, 0) is 12.7 Å². The first-order chi connectivity index (χ1) is 9.78. The van der Waals surface area contributed by atoms with E-state index in [1.807, 2.05) is 0 Å². The summed E-state index contributed by atoms with van der Waals surface area (Å²) in [6.07, 6.45) is -2.02. The lowest BCUT2D eigenvalue weighted by Crippen LogP contribution is -2.41. The number of alkyl halides is 3. The highest BCUT2D eigenvalue weighted by atomic mass is 19.4. The van der Waals surface area contributed by atoms with Crippen molar-refractivity contribution >= 4 is 0 Å². The second-order valence-corrected chi connectivity index (χ2v) is 6.42. The maximum Gasteiger partial charge on any atom is 0.416 e. The van der Waals surface area contributed by atoms with Gasteiger partial charge >= 0.3 is 6.18 Å². The number of piperidine rings is 1. The molecule has 21 heavy (non-hydrogen) atoms. The lowest BCUT2D eigenvalue weighted by molar-refractivity contribution is -0.137. The number of benzene rings is 1. The first-order valence-electron chi connectivity index (χ1n) is 7.34. The second kappa shape index (κ2) is 6.36. The maximum atomic E-state index is 12.7. The van der Waals surface area contributed by atoms with Gasteiger partial charge in [0.05, 0.1) is 5.56 Å². The summed E-state index contributed by atoms with van der Waals surface area (Å²) in [7, 11) is 2.12. The van der Waals surface area contributed by atoms with Gasteiger partial charge in [-0.15, -0.1) is 0 Å². The fourth-order valence-electron chi connectivity index (χ4n) is 2.70. The molecule has 1 saturated heterocycles. The SMILES string of the molecule is CN1CCC(C)(CNCc2cccc(C(F)(F)F)c2)CC1. The molecule has 0 unspecified atom stereocenters. The summed E-state index contributed by atoms with van der Waals surface area (Å²) in [6, 6.07) is 5.54. The maximum absolute atomic E-state index is 12.7. The van der Waals surface area contributed by atoms with Gasteiger partial charge in [0.2, 0.25) is 0 Å². The minimum Gasteiger partial charge on any atom is -0.312 e. The summed E-state index contributed by atoms with van der Waals surface area (Å²) in [4.78, 5) is 2.31. The fourth-order valence-corrected chi connectivity index (χ4v) is 2.70. The molecule has 0 aromatic heterocycles. The smallest absolute Gasteiger partial charge is 0.312 e. The van der Waals surface area contributed by atoms with Crippen molar-refractivity contribution in [3.8, 4) is 0 Å². The number of halogens is 3. The Morgan fingerprint density at radius 2 is 1.90 bits per heavy atom. The van der Waals surface area contributed by atoms with Gasteiger partial charge in [-0.2, -0.15) is 13.2 Å². The van der Waals surface area contributed by atoms with E-state index >= 15 is 0 Å². The van der Waals surface area contributed by atoms with Gasteiger partial charge < -0.3 is 10.2 Å². The molecular formula is C16H23F3N2. The van der Waals surface area contributed by atoms with Crippen molar-refractivity contribution in [1.82, 2.24) is 10.2 Å². The van der Waals surface area contributed by atoms with Crippen molar-refractivity contribution in [2.45, 2.75) is 32.5 Å². The highest BCUT2D eigenvalue weighted by Gasteiger charge is 2.30. The number of hydrogen-bond acceptors (Lipinski definition) is 2. The topological polar surface area (TPSA) is 15.3 Å². The summed E-state index contributed by atoms with van der Waals surface area (Å²) < 4.78 is 38.0. The largest absolute Gasteiger partial charge is 0.416 e. The number of hydrogen-bond donors (Lipinski definition) is 1. The van der Waals surface area contributed by atoms with E-state index in [2.05, 4.69) is 24.2 Å². The molecule has 0 radical (unpaired) electrons. The Bertz CT molecular complexity index is 463. The van der Waals surface area contributed by atoms with Gasteiger partial charge in [-0.3, -0.25) is 0 Å². The zero-order valence-electron chi connectivity index (χ0n) is 12.6. The van der Waals surface area contributed by atoms with Gasteiger partial charge in [-0.25, -0.2) is 0 Å². The molecule has 0 aliphatic carbocycles. The summed E-state index contributed by atoms with van der Waals surface area (Å²) in [5.41, 5.74) is 0.349. The van der Waals surface area contributed by atoms with Crippen molar-refractivity contribution in [3.63, 3.8) is 0 Å². The van der Waals surface area contributed by atoms with Crippen LogP contribution in [0.4, 0.5) is 13.2 Å². The van der Waals surface area contributed by atoms with E-state index in [1.54, 1.807) is 6.07 Å². The van der Waals surface area contributed by atoms with Gasteiger partial charge in [-0.1, -0.05) is 25.1 Å². The Labute approximate surface area is 124 Å². The van der Waals surface area contributed by atoms with E-state index in [-0.39, 0.29) is 5.41 Å². The van der Waals surface area contributed by atoms with E-state index in [4.69, 9.17) is 0 Å². The zero-order valence-corrected chi connectivity index (χ0v) is 12.6. The molecule has 1 heterocycles. The zero-order chi connectivity index (χ0) is 15.5. The van der Waals surface area contributed by atoms with E-state index in [1.165, 1.54) is 12.1 Å². The molecule has 0 bridgehead atoms. The molecule has 1 aromatic carbocycles. The van der Waals surface area contributed by atoms with Crippen LogP contribution in [-0.4, -0.2) is 31.6 Å². The van der Waals surface area contributed by atoms with Crippen LogP contribution in [0.2, 0.25) is 0 Å². The van der Waals surface area contributed by atoms with Crippen molar-refractivity contribution in [2.75, 3.05) is 26.7 Å². The van der Waals surface area contributed by atoms with Gasteiger partial charge in [0, 0.05) is 13.1 Å². The third kappa shape index (κ3) is 4.71. The minimum absolute atomic E-state index is 0.244. The van der Waals surface area contributed by atoms with Crippen LogP contribution in [0.5, 0.6) is 0 Å². The standard InChI is InChI=1S/C16H23F3N2/c1-15(6-8-21(2)9-7-15)12-20-11-13-4-3-5-14(10-13)16(17,18)19/h3-5,10,20H,6-9,11-12H2,1-2H3. The number of nitrogens with one attached hydrogen (secondary N) is 1. The molecule has 1 aromatic rings. The lowest BCUT2D eigenvalue weighted by atomic mass is 9.80. The molecule has 1 fully saturated rings. The highest BCUT2D eigenvalue weighted by Crippen LogP contribution is 2.30. The molecule has 5 heteroatoms. The van der Waals surface area contributed by atoms with Crippen LogP contribution in [0, 0.1) is 5.41 Å². The van der Waals surface area contributed by atoms with Crippen LogP contribution >= 0.6 is 0 Å². The summed E-state index contributed by atoms with van der Waals surface area (Å²) in [5.74, 6) is 0. The number of nitrogens with zero attached hydrogens (tertiary/aromatic N) is 1. The Hall–Kier alpha value is -1.07. The van der Waals surface area contributed by atoms with Gasteiger partial charge in [0.25, 0.3) is 0 Å². The lowest BCUT2D eigenvalue weighted by Gasteiger charge is -2.38. The number of rotatable bonds is 4. The Balaban J connectivity index is 1.86. The van der Waals surface area contributed by atoms with Crippen LogP contribution in [0.3, 0.4) is 0 Å². The monoisotopic (exact) mass is 300 g/mol. The third-order valence-electron chi connectivity index (χ3n) is 4.33. The summed E-state index contributed by atoms with van der Waals surface area (Å²) in [6.45, 7) is 5.75. The molecule has 2 rings (SSSR count). The van der Waals surface area contributed by atoms with Crippen LogP contribution < -0.4 is 5.32 Å². The third-order valence-corrected chi connectivity index (χ3v) is 4.33. The van der Waals surface area contributed by atoms with E-state index in [0.717, 1.165) is 38.5 Å². The Kier molecular flexibility index (Phi) is 4.94. The van der Waals surface area contributed by atoms with E-state index in [9.17, 15) is 13.2 Å². The molecule has 2 nitrogen and oxygen atoms in total. The second-order valence-electron chi connectivity index (χ2n) is 6.42. The molecule has 0 spiro atoms. The van der Waals surface area contributed by atoms with Crippen LogP contribution in [0.1, 0.15) is 30.9 Å². The molecule has 0 saturated carbocycles. The average molecular weight is 300 g/mol. The van der Waals surface area contributed by atoms with Crippen molar-refractivity contribution in [1.29, 1.82) is 0 Å². The molecule has 0 amide bonds. The first kappa shape index (κ1) is 16.3. The van der Waals surface area contributed by atoms with Crippen LogP contribution in [0.25, 0.3) is 0 Å². The molecule has 118 valence electrons. The number of likely N-dealkylation sites (tertiary alicyclic amines) is 1. The highest BCUT2D eigenvalue weighted by molar-refractivity contribution is 5.25. The van der Waals surface area contributed by atoms with Gasteiger partial charge in [0.1, 0.15) is 0 Å². The van der Waals surface area contributed by atoms with E-state index < -0.39 is 11.7 Å².